The molecule has 1 saturated heterocycles. The Morgan fingerprint density at radius 1 is 1.35 bits per heavy atom. The topological polar surface area (TPSA) is 18.5 Å². The van der Waals surface area contributed by atoms with E-state index in [4.69, 9.17) is 0 Å². The Morgan fingerprint density at radius 2 is 2.25 bits per heavy atom. The summed E-state index contributed by atoms with van der Waals surface area (Å²) in [5, 5.41) is 3.47. The summed E-state index contributed by atoms with van der Waals surface area (Å²) < 4.78 is 0. The number of hydrogen-bond acceptors (Lipinski definition) is 3. The lowest BCUT2D eigenvalue weighted by molar-refractivity contribution is 0.267. The molecule has 2 aliphatic rings. The van der Waals surface area contributed by atoms with Crippen LogP contribution in [0.25, 0.3) is 0 Å². The molecule has 20 heavy (non-hydrogen) atoms. The molecule has 110 valence electrons. The number of hydrogen-bond donors (Lipinski definition) is 1. The van der Waals surface area contributed by atoms with E-state index >= 15 is 0 Å². The second kappa shape index (κ2) is 6.25. The number of likely N-dealkylation sites (tertiary alicyclic amines) is 1. The lowest BCUT2D eigenvalue weighted by Crippen LogP contribution is -2.27. The summed E-state index contributed by atoms with van der Waals surface area (Å²) in [4.78, 5) is 4.94. The zero-order chi connectivity index (χ0) is 13.9. The van der Waals surface area contributed by atoms with Gasteiger partial charge < -0.3 is 15.1 Å². The fraction of sp³-hybridized carbons (Fsp3) is 0.647. The first kappa shape index (κ1) is 14.1. The van der Waals surface area contributed by atoms with Gasteiger partial charge in [0.05, 0.1) is 0 Å². The maximum Gasteiger partial charge on any atom is 0.0230 e. The third-order valence-corrected chi connectivity index (χ3v) is 4.67. The number of nitrogens with zero attached hydrogens (tertiary/aromatic N) is 2. The highest BCUT2D eigenvalue weighted by Gasteiger charge is 2.20. The highest BCUT2D eigenvalue weighted by Crippen LogP contribution is 2.19. The van der Waals surface area contributed by atoms with Crippen LogP contribution >= 0.6 is 0 Å². The Kier molecular flexibility index (Phi) is 4.39. The van der Waals surface area contributed by atoms with Gasteiger partial charge in [-0.15, -0.1) is 0 Å². The van der Waals surface area contributed by atoms with E-state index in [1.54, 1.807) is 0 Å². The maximum atomic E-state index is 3.47. The molecule has 1 aromatic rings. The molecule has 1 unspecified atom stereocenters. The average molecular weight is 273 g/mol. The van der Waals surface area contributed by atoms with Gasteiger partial charge in [0.15, 0.2) is 0 Å². The third kappa shape index (κ3) is 3.40. The third-order valence-electron chi connectivity index (χ3n) is 4.67. The first-order chi connectivity index (χ1) is 9.70. The van der Waals surface area contributed by atoms with Gasteiger partial charge in [0.1, 0.15) is 0 Å². The Morgan fingerprint density at radius 3 is 3.05 bits per heavy atom. The minimum absolute atomic E-state index is 0.851. The van der Waals surface area contributed by atoms with Crippen molar-refractivity contribution in [1.82, 2.24) is 15.1 Å². The van der Waals surface area contributed by atoms with Crippen LogP contribution in [0.4, 0.5) is 0 Å². The number of fused-ring (bicyclic) bond motifs is 1. The van der Waals surface area contributed by atoms with Crippen molar-refractivity contribution in [2.45, 2.75) is 25.9 Å². The molecule has 0 spiro atoms. The van der Waals surface area contributed by atoms with Crippen molar-refractivity contribution < 1.29 is 0 Å². The van der Waals surface area contributed by atoms with Crippen LogP contribution in [0.1, 0.15) is 23.1 Å². The van der Waals surface area contributed by atoms with Crippen molar-refractivity contribution in [2.24, 2.45) is 5.92 Å². The van der Waals surface area contributed by atoms with Crippen LogP contribution in [0.15, 0.2) is 18.2 Å². The van der Waals surface area contributed by atoms with Gasteiger partial charge in [-0.3, -0.25) is 0 Å². The first-order valence-electron chi connectivity index (χ1n) is 7.89. The normalized spacial score (nSPS) is 23.2. The SMILES string of the molecule is CN1CCC(CN(C)Cc2ccc3c(c2)CNCC3)C1. The van der Waals surface area contributed by atoms with Crippen molar-refractivity contribution in [3.05, 3.63) is 34.9 Å². The average Bonchev–Trinajstić information content (AvgIpc) is 2.83. The van der Waals surface area contributed by atoms with Crippen LogP contribution in [-0.4, -0.2) is 50.1 Å². The predicted octanol–water partition coefficient (Wildman–Crippen LogP) is 1.72. The monoisotopic (exact) mass is 273 g/mol. The Balaban J connectivity index is 1.57. The molecular weight excluding hydrogens is 246 g/mol. The van der Waals surface area contributed by atoms with Gasteiger partial charge in [-0.2, -0.15) is 0 Å². The molecule has 0 aromatic heterocycles. The summed E-state index contributed by atoms with van der Waals surface area (Å²) in [6.45, 7) is 7.00. The molecule has 3 nitrogen and oxygen atoms in total. The lowest BCUT2D eigenvalue weighted by Gasteiger charge is -2.23. The van der Waals surface area contributed by atoms with Crippen molar-refractivity contribution in [3.8, 4) is 0 Å². The van der Waals surface area contributed by atoms with Crippen LogP contribution in [0, 0.1) is 5.92 Å². The van der Waals surface area contributed by atoms with Crippen molar-refractivity contribution in [2.75, 3.05) is 40.3 Å². The highest BCUT2D eigenvalue weighted by molar-refractivity contribution is 5.33. The minimum Gasteiger partial charge on any atom is -0.312 e. The smallest absolute Gasteiger partial charge is 0.0230 e. The quantitative estimate of drug-likeness (QED) is 0.901. The van der Waals surface area contributed by atoms with Crippen molar-refractivity contribution >= 4 is 0 Å². The van der Waals surface area contributed by atoms with Crippen LogP contribution in [-0.2, 0) is 19.5 Å². The molecular formula is C17H27N3. The zero-order valence-corrected chi connectivity index (χ0v) is 12.9. The van der Waals surface area contributed by atoms with E-state index in [0.717, 1.165) is 25.6 Å². The summed E-state index contributed by atoms with van der Waals surface area (Å²) in [5.41, 5.74) is 4.50. The molecule has 0 amide bonds. The van der Waals surface area contributed by atoms with E-state index in [1.165, 1.54) is 49.2 Å². The molecule has 3 rings (SSSR count). The summed E-state index contributed by atoms with van der Waals surface area (Å²) in [6.07, 6.45) is 2.54. The summed E-state index contributed by atoms with van der Waals surface area (Å²) in [6, 6.07) is 7.06. The van der Waals surface area contributed by atoms with E-state index in [9.17, 15) is 0 Å². The Labute approximate surface area is 123 Å². The summed E-state index contributed by atoms with van der Waals surface area (Å²) in [5.74, 6) is 0.851. The number of nitrogens with one attached hydrogen (secondary N) is 1. The molecule has 1 atom stereocenters. The molecule has 0 aliphatic carbocycles. The largest absolute Gasteiger partial charge is 0.312 e. The Hall–Kier alpha value is -0.900. The van der Waals surface area contributed by atoms with E-state index in [-0.39, 0.29) is 0 Å². The first-order valence-corrected chi connectivity index (χ1v) is 7.89. The number of rotatable bonds is 4. The molecule has 0 bridgehead atoms. The van der Waals surface area contributed by atoms with Gasteiger partial charge >= 0.3 is 0 Å². The van der Waals surface area contributed by atoms with E-state index < -0.39 is 0 Å². The van der Waals surface area contributed by atoms with Gasteiger partial charge in [-0.25, -0.2) is 0 Å². The number of benzene rings is 1. The van der Waals surface area contributed by atoms with E-state index in [1.807, 2.05) is 0 Å². The van der Waals surface area contributed by atoms with Gasteiger partial charge in [-0.05, 0) is 62.6 Å². The maximum absolute atomic E-state index is 3.47. The molecule has 1 fully saturated rings. The van der Waals surface area contributed by atoms with Gasteiger partial charge in [0.2, 0.25) is 0 Å². The molecule has 0 saturated carbocycles. The van der Waals surface area contributed by atoms with E-state index in [0.29, 0.717) is 0 Å². The predicted molar refractivity (Wildman–Crippen MR) is 83.8 cm³/mol. The minimum atomic E-state index is 0.851. The van der Waals surface area contributed by atoms with Gasteiger partial charge in [0, 0.05) is 26.2 Å². The fourth-order valence-corrected chi connectivity index (χ4v) is 3.62. The molecule has 2 heterocycles. The van der Waals surface area contributed by atoms with Gasteiger partial charge in [0.25, 0.3) is 0 Å². The van der Waals surface area contributed by atoms with Crippen LogP contribution < -0.4 is 5.32 Å². The summed E-state index contributed by atoms with van der Waals surface area (Å²) in [7, 11) is 4.49. The Bertz CT molecular complexity index is 458. The standard InChI is InChI=1S/C17H27N3/c1-19-8-6-15(12-19)13-20(2)11-14-3-4-16-5-7-18-10-17(16)9-14/h3-4,9,15,18H,5-8,10-13H2,1-2H3. The van der Waals surface area contributed by atoms with Crippen LogP contribution in [0.3, 0.4) is 0 Å². The highest BCUT2D eigenvalue weighted by atomic mass is 15.1. The zero-order valence-electron chi connectivity index (χ0n) is 12.9. The van der Waals surface area contributed by atoms with Gasteiger partial charge in [-0.1, -0.05) is 18.2 Å². The second-order valence-corrected chi connectivity index (χ2v) is 6.64. The molecule has 1 N–H and O–H groups in total. The molecule has 0 radical (unpaired) electrons. The molecule has 2 aliphatic heterocycles. The molecule has 3 heteroatoms. The lowest BCUT2D eigenvalue weighted by atomic mass is 9.98. The second-order valence-electron chi connectivity index (χ2n) is 6.64. The van der Waals surface area contributed by atoms with Crippen LogP contribution in [0.5, 0.6) is 0 Å². The van der Waals surface area contributed by atoms with Crippen LogP contribution in [0.2, 0.25) is 0 Å². The van der Waals surface area contributed by atoms with Crippen molar-refractivity contribution in [1.29, 1.82) is 0 Å². The fourth-order valence-electron chi connectivity index (χ4n) is 3.62. The van der Waals surface area contributed by atoms with E-state index in [2.05, 4.69) is 47.4 Å². The summed E-state index contributed by atoms with van der Waals surface area (Å²) >= 11 is 0. The van der Waals surface area contributed by atoms with Crippen molar-refractivity contribution in [3.63, 3.8) is 0 Å². The molecule has 1 aromatic carbocycles.